The number of alkyl carbamates (subject to hydrolysis) is 1. The summed E-state index contributed by atoms with van der Waals surface area (Å²) in [7, 11) is 0. The minimum atomic E-state index is -0.587. The molecule has 0 saturated carbocycles. The number of amides is 2. The zero-order valence-electron chi connectivity index (χ0n) is 13.5. The molecule has 6 nitrogen and oxygen atoms in total. The van der Waals surface area contributed by atoms with Gasteiger partial charge >= 0.3 is 6.09 Å². The van der Waals surface area contributed by atoms with E-state index in [9.17, 15) is 9.59 Å². The zero-order valence-corrected chi connectivity index (χ0v) is 14.3. The quantitative estimate of drug-likeness (QED) is 0.523. The highest BCUT2D eigenvalue weighted by atomic mass is 32.1. The van der Waals surface area contributed by atoms with Gasteiger partial charge in [0.25, 0.3) is 0 Å². The minimum Gasteiger partial charge on any atom is -0.449 e. The van der Waals surface area contributed by atoms with E-state index in [1.165, 1.54) is 6.92 Å². The van der Waals surface area contributed by atoms with E-state index in [1.807, 2.05) is 0 Å². The molecular weight excluding hydrogens is 314 g/mol. The summed E-state index contributed by atoms with van der Waals surface area (Å²) in [6, 6.07) is 7.06. The molecule has 0 unspecified atom stereocenters. The topological polar surface area (TPSA) is 79.5 Å². The van der Waals surface area contributed by atoms with Crippen LogP contribution in [0.3, 0.4) is 0 Å². The predicted molar refractivity (Wildman–Crippen MR) is 95.6 cm³/mol. The van der Waals surface area contributed by atoms with Crippen LogP contribution in [0.2, 0.25) is 0 Å². The molecular formula is C16H23N3O3S. The third-order valence-corrected chi connectivity index (χ3v) is 3.14. The molecule has 126 valence electrons. The molecule has 0 aliphatic carbocycles. The number of benzene rings is 1. The van der Waals surface area contributed by atoms with Gasteiger partial charge in [0.15, 0.2) is 5.11 Å². The Labute approximate surface area is 142 Å². The van der Waals surface area contributed by atoms with Gasteiger partial charge in [0.05, 0.1) is 18.0 Å². The lowest BCUT2D eigenvalue weighted by Gasteiger charge is -2.13. The average molecular weight is 337 g/mol. The SMILES string of the molecule is CCCCCCOC(=O)NC(=S)Nc1ccccc1NC(C)=O. The van der Waals surface area contributed by atoms with Crippen LogP contribution in [0.4, 0.5) is 16.2 Å². The second-order valence-corrected chi connectivity index (χ2v) is 5.41. The predicted octanol–water partition coefficient (Wildman–Crippen LogP) is 3.65. The molecule has 0 atom stereocenters. The Kier molecular flexibility index (Phi) is 8.67. The Hall–Kier alpha value is -2.15. The van der Waals surface area contributed by atoms with Gasteiger partial charge in [-0.1, -0.05) is 38.3 Å². The molecule has 0 aliphatic heterocycles. The van der Waals surface area contributed by atoms with E-state index in [0.717, 1.165) is 25.7 Å². The second-order valence-electron chi connectivity index (χ2n) is 5.00. The van der Waals surface area contributed by atoms with Crippen molar-refractivity contribution in [1.29, 1.82) is 0 Å². The molecule has 0 bridgehead atoms. The Bertz CT molecular complexity index is 549. The number of anilines is 2. The van der Waals surface area contributed by atoms with Crippen molar-refractivity contribution in [2.24, 2.45) is 0 Å². The van der Waals surface area contributed by atoms with Crippen LogP contribution in [0.15, 0.2) is 24.3 Å². The lowest BCUT2D eigenvalue weighted by atomic mass is 10.2. The lowest BCUT2D eigenvalue weighted by molar-refractivity contribution is -0.114. The van der Waals surface area contributed by atoms with Crippen LogP contribution in [-0.2, 0) is 9.53 Å². The molecule has 23 heavy (non-hydrogen) atoms. The maximum atomic E-state index is 11.6. The van der Waals surface area contributed by atoms with Crippen LogP contribution in [0.25, 0.3) is 0 Å². The first-order valence-corrected chi connectivity index (χ1v) is 8.05. The summed E-state index contributed by atoms with van der Waals surface area (Å²) in [5, 5.41) is 8.10. The van der Waals surface area contributed by atoms with Crippen molar-refractivity contribution in [2.45, 2.75) is 39.5 Å². The van der Waals surface area contributed by atoms with Crippen LogP contribution in [0.5, 0.6) is 0 Å². The molecule has 1 aromatic rings. The Morgan fingerprint density at radius 1 is 1.09 bits per heavy atom. The fourth-order valence-electron chi connectivity index (χ4n) is 1.87. The molecule has 0 radical (unpaired) electrons. The molecule has 1 aromatic carbocycles. The van der Waals surface area contributed by atoms with E-state index in [1.54, 1.807) is 24.3 Å². The Morgan fingerprint density at radius 3 is 2.35 bits per heavy atom. The standard InChI is InChI=1S/C16H23N3O3S/c1-3-4-5-8-11-22-16(21)19-15(23)18-14-10-7-6-9-13(14)17-12(2)20/h6-7,9-10H,3-5,8,11H2,1-2H3,(H,17,20)(H2,18,19,21,23). The van der Waals surface area contributed by atoms with Gasteiger partial charge in [0.1, 0.15) is 0 Å². The summed E-state index contributed by atoms with van der Waals surface area (Å²) < 4.78 is 5.04. The summed E-state index contributed by atoms with van der Waals surface area (Å²) in [5.41, 5.74) is 1.17. The van der Waals surface area contributed by atoms with Crippen molar-refractivity contribution < 1.29 is 14.3 Å². The van der Waals surface area contributed by atoms with Gasteiger partial charge in [0.2, 0.25) is 5.91 Å². The highest BCUT2D eigenvalue weighted by Crippen LogP contribution is 2.20. The van der Waals surface area contributed by atoms with Crippen molar-refractivity contribution >= 4 is 40.7 Å². The maximum absolute atomic E-state index is 11.6. The van der Waals surface area contributed by atoms with Crippen molar-refractivity contribution in [3.05, 3.63) is 24.3 Å². The monoisotopic (exact) mass is 337 g/mol. The third kappa shape index (κ3) is 8.15. The molecule has 2 amide bonds. The van der Waals surface area contributed by atoms with E-state index in [4.69, 9.17) is 17.0 Å². The van der Waals surface area contributed by atoms with Gasteiger partial charge in [-0.3, -0.25) is 10.1 Å². The first kappa shape index (κ1) is 18.9. The van der Waals surface area contributed by atoms with E-state index in [0.29, 0.717) is 18.0 Å². The van der Waals surface area contributed by atoms with Crippen molar-refractivity contribution in [2.75, 3.05) is 17.2 Å². The van der Waals surface area contributed by atoms with Crippen molar-refractivity contribution in [1.82, 2.24) is 5.32 Å². The van der Waals surface area contributed by atoms with E-state index in [-0.39, 0.29) is 11.0 Å². The van der Waals surface area contributed by atoms with Crippen LogP contribution >= 0.6 is 12.2 Å². The molecule has 0 aliphatic rings. The van der Waals surface area contributed by atoms with Crippen LogP contribution in [0, 0.1) is 0 Å². The van der Waals surface area contributed by atoms with E-state index in [2.05, 4.69) is 22.9 Å². The second kappa shape index (κ2) is 10.6. The van der Waals surface area contributed by atoms with Crippen molar-refractivity contribution in [3.63, 3.8) is 0 Å². The number of carbonyl (C=O) groups excluding carboxylic acids is 2. The fourth-order valence-corrected chi connectivity index (χ4v) is 2.06. The first-order chi connectivity index (χ1) is 11.0. The average Bonchev–Trinajstić information content (AvgIpc) is 2.48. The van der Waals surface area contributed by atoms with Gasteiger partial charge in [-0.2, -0.15) is 0 Å². The van der Waals surface area contributed by atoms with Crippen LogP contribution in [-0.4, -0.2) is 23.7 Å². The summed E-state index contributed by atoms with van der Waals surface area (Å²) in [6.45, 7) is 3.91. The summed E-state index contributed by atoms with van der Waals surface area (Å²) in [4.78, 5) is 22.8. The molecule has 0 saturated heterocycles. The molecule has 1 rings (SSSR count). The normalized spacial score (nSPS) is 9.83. The van der Waals surface area contributed by atoms with E-state index < -0.39 is 6.09 Å². The highest BCUT2D eigenvalue weighted by Gasteiger charge is 2.08. The molecule has 7 heteroatoms. The third-order valence-electron chi connectivity index (χ3n) is 2.93. The van der Waals surface area contributed by atoms with Gasteiger partial charge in [-0.15, -0.1) is 0 Å². The molecule has 3 N–H and O–H groups in total. The van der Waals surface area contributed by atoms with Crippen LogP contribution in [0.1, 0.15) is 39.5 Å². The van der Waals surface area contributed by atoms with Crippen LogP contribution < -0.4 is 16.0 Å². The van der Waals surface area contributed by atoms with Gasteiger partial charge < -0.3 is 15.4 Å². The number of hydrogen-bond acceptors (Lipinski definition) is 4. The molecule has 0 spiro atoms. The van der Waals surface area contributed by atoms with Gasteiger partial charge in [0, 0.05) is 6.92 Å². The Balaban J connectivity index is 2.41. The summed E-state index contributed by atoms with van der Waals surface area (Å²) in [6.07, 6.45) is 3.55. The minimum absolute atomic E-state index is 0.112. The van der Waals surface area contributed by atoms with Crippen molar-refractivity contribution in [3.8, 4) is 0 Å². The first-order valence-electron chi connectivity index (χ1n) is 7.64. The van der Waals surface area contributed by atoms with E-state index >= 15 is 0 Å². The number of thiocarbonyl (C=S) groups is 1. The molecule has 0 fully saturated rings. The number of para-hydroxylation sites is 2. The molecule has 0 aromatic heterocycles. The zero-order chi connectivity index (χ0) is 17.1. The number of carbonyl (C=O) groups is 2. The summed E-state index contributed by atoms with van der Waals surface area (Å²) >= 11 is 5.07. The number of nitrogens with one attached hydrogen (secondary N) is 3. The molecule has 0 heterocycles. The fraction of sp³-hybridized carbons (Fsp3) is 0.438. The Morgan fingerprint density at radius 2 is 1.74 bits per heavy atom. The summed E-state index contributed by atoms with van der Waals surface area (Å²) in [5.74, 6) is -0.190. The lowest BCUT2D eigenvalue weighted by Crippen LogP contribution is -2.35. The number of hydrogen-bond donors (Lipinski definition) is 3. The van der Waals surface area contributed by atoms with Gasteiger partial charge in [-0.05, 0) is 30.8 Å². The highest BCUT2D eigenvalue weighted by molar-refractivity contribution is 7.80. The maximum Gasteiger partial charge on any atom is 0.413 e. The number of unbranched alkanes of at least 4 members (excludes halogenated alkanes) is 3. The number of ether oxygens (including phenoxy) is 1. The van der Waals surface area contributed by atoms with Gasteiger partial charge in [-0.25, -0.2) is 4.79 Å². The smallest absolute Gasteiger partial charge is 0.413 e. The number of rotatable bonds is 7. The largest absolute Gasteiger partial charge is 0.449 e.